The highest BCUT2D eigenvalue weighted by molar-refractivity contribution is 5.79. The molecule has 0 aliphatic rings. The summed E-state index contributed by atoms with van der Waals surface area (Å²) in [4.78, 5) is 32.4. The molecule has 1 aromatic carbocycles. The maximum atomic E-state index is 11.5. The van der Waals surface area contributed by atoms with E-state index in [0.29, 0.717) is 0 Å². The summed E-state index contributed by atoms with van der Waals surface area (Å²) in [5, 5.41) is 19.5. The third-order valence-corrected chi connectivity index (χ3v) is 2.55. The van der Waals surface area contributed by atoms with Crippen molar-refractivity contribution in [2.75, 3.05) is 0 Å². The lowest BCUT2D eigenvalue weighted by atomic mass is 10.2. The van der Waals surface area contributed by atoms with Gasteiger partial charge in [-0.1, -0.05) is 0 Å². The van der Waals surface area contributed by atoms with Crippen molar-refractivity contribution in [1.29, 1.82) is 0 Å². The summed E-state index contributed by atoms with van der Waals surface area (Å²) in [5.74, 6) is -2.09. The van der Waals surface area contributed by atoms with Crippen molar-refractivity contribution in [2.24, 2.45) is 0 Å². The number of carbonyl (C=O) groups is 1. The standard InChI is InChI=1S/C10H8N2O6/c1-5(9(13)14)11-7-4-6(12(16)17)2-3-8(7)18-10(11)15/h2-5H,1H3,(H,13,14)/t5-/m0/s1. The van der Waals surface area contributed by atoms with Gasteiger partial charge in [-0.15, -0.1) is 0 Å². The van der Waals surface area contributed by atoms with Crippen LogP contribution >= 0.6 is 0 Å². The number of non-ortho nitro benzene ring substituents is 1. The van der Waals surface area contributed by atoms with Gasteiger partial charge < -0.3 is 9.52 Å². The van der Waals surface area contributed by atoms with E-state index >= 15 is 0 Å². The van der Waals surface area contributed by atoms with Crippen molar-refractivity contribution in [3.8, 4) is 0 Å². The van der Waals surface area contributed by atoms with Crippen LogP contribution in [-0.4, -0.2) is 20.6 Å². The number of nitro benzene ring substituents is 1. The van der Waals surface area contributed by atoms with E-state index in [9.17, 15) is 19.7 Å². The lowest BCUT2D eigenvalue weighted by Crippen LogP contribution is -2.24. The average Bonchev–Trinajstić information content (AvgIpc) is 2.62. The van der Waals surface area contributed by atoms with Gasteiger partial charge in [-0.05, 0) is 13.0 Å². The zero-order valence-corrected chi connectivity index (χ0v) is 9.19. The van der Waals surface area contributed by atoms with E-state index in [1.165, 1.54) is 19.1 Å². The molecule has 0 radical (unpaired) electrons. The van der Waals surface area contributed by atoms with Gasteiger partial charge in [0.25, 0.3) is 5.69 Å². The normalized spacial score (nSPS) is 12.5. The molecule has 0 bridgehead atoms. The highest BCUT2D eigenvalue weighted by atomic mass is 16.6. The number of carboxylic acid groups (broad SMARTS) is 1. The number of aliphatic carboxylic acids is 1. The summed E-state index contributed by atoms with van der Waals surface area (Å²) in [6.45, 7) is 1.29. The number of oxazole rings is 1. The molecule has 1 heterocycles. The minimum absolute atomic E-state index is 0.0871. The van der Waals surface area contributed by atoms with Gasteiger partial charge in [0.05, 0.1) is 10.4 Å². The Morgan fingerprint density at radius 3 is 2.78 bits per heavy atom. The molecule has 0 fully saturated rings. The van der Waals surface area contributed by atoms with Gasteiger partial charge in [0.2, 0.25) is 0 Å². The second-order valence-electron chi connectivity index (χ2n) is 3.66. The van der Waals surface area contributed by atoms with Crippen molar-refractivity contribution in [1.82, 2.24) is 4.57 Å². The molecule has 1 aromatic heterocycles. The monoisotopic (exact) mass is 252 g/mol. The van der Waals surface area contributed by atoms with E-state index in [1.54, 1.807) is 0 Å². The van der Waals surface area contributed by atoms with Crippen LogP contribution < -0.4 is 5.76 Å². The van der Waals surface area contributed by atoms with Gasteiger partial charge in [0, 0.05) is 12.1 Å². The molecule has 0 spiro atoms. The molecule has 18 heavy (non-hydrogen) atoms. The first-order chi connectivity index (χ1) is 8.41. The Hall–Kier alpha value is -2.64. The Labute approximate surface area is 99.2 Å². The number of aromatic nitrogens is 1. The number of nitro groups is 1. The number of fused-ring (bicyclic) bond motifs is 1. The number of nitrogens with zero attached hydrogens (tertiary/aromatic N) is 2. The molecule has 0 aliphatic carbocycles. The van der Waals surface area contributed by atoms with Crippen LogP contribution in [0.25, 0.3) is 11.1 Å². The summed E-state index contributed by atoms with van der Waals surface area (Å²) in [6.07, 6.45) is 0. The van der Waals surface area contributed by atoms with Gasteiger partial charge in [-0.3, -0.25) is 14.7 Å². The fraction of sp³-hybridized carbons (Fsp3) is 0.200. The van der Waals surface area contributed by atoms with Gasteiger partial charge >= 0.3 is 11.7 Å². The van der Waals surface area contributed by atoms with Crippen molar-refractivity contribution in [2.45, 2.75) is 13.0 Å². The number of hydrogen-bond donors (Lipinski definition) is 1. The lowest BCUT2D eigenvalue weighted by Gasteiger charge is -2.06. The van der Waals surface area contributed by atoms with Crippen LogP contribution in [0, 0.1) is 10.1 Å². The quantitative estimate of drug-likeness (QED) is 0.646. The Balaban J connectivity index is 2.75. The molecule has 0 amide bonds. The number of hydrogen-bond acceptors (Lipinski definition) is 5. The van der Waals surface area contributed by atoms with Gasteiger partial charge in [0.15, 0.2) is 5.58 Å². The van der Waals surface area contributed by atoms with E-state index in [2.05, 4.69) is 0 Å². The Morgan fingerprint density at radius 2 is 2.22 bits per heavy atom. The molecule has 8 heteroatoms. The first-order valence-electron chi connectivity index (χ1n) is 4.94. The van der Waals surface area contributed by atoms with Crippen LogP contribution in [-0.2, 0) is 4.79 Å². The second kappa shape index (κ2) is 3.99. The topological polar surface area (TPSA) is 116 Å². The number of rotatable bonds is 3. The highest BCUT2D eigenvalue weighted by Gasteiger charge is 2.22. The minimum atomic E-state index is -1.23. The van der Waals surface area contributed by atoms with E-state index < -0.39 is 22.7 Å². The Bertz CT molecular complexity index is 698. The zero-order valence-electron chi connectivity index (χ0n) is 9.19. The Morgan fingerprint density at radius 1 is 1.56 bits per heavy atom. The SMILES string of the molecule is C[C@@H](C(=O)O)n1c(=O)oc2ccc([N+](=O)[O-])cc21. The van der Waals surface area contributed by atoms with Crippen LogP contribution in [0.2, 0.25) is 0 Å². The molecular weight excluding hydrogens is 244 g/mol. The van der Waals surface area contributed by atoms with Gasteiger partial charge in [-0.25, -0.2) is 9.59 Å². The van der Waals surface area contributed by atoms with Gasteiger partial charge in [-0.2, -0.15) is 0 Å². The summed E-state index contributed by atoms with van der Waals surface area (Å²) < 4.78 is 5.69. The summed E-state index contributed by atoms with van der Waals surface area (Å²) >= 11 is 0. The van der Waals surface area contributed by atoms with Crippen molar-refractivity contribution in [3.63, 3.8) is 0 Å². The van der Waals surface area contributed by atoms with E-state index in [0.717, 1.165) is 10.6 Å². The lowest BCUT2D eigenvalue weighted by molar-refractivity contribution is -0.384. The molecule has 0 saturated heterocycles. The first-order valence-corrected chi connectivity index (χ1v) is 4.94. The van der Waals surface area contributed by atoms with Gasteiger partial charge in [0.1, 0.15) is 6.04 Å². The fourth-order valence-corrected chi connectivity index (χ4v) is 1.61. The second-order valence-corrected chi connectivity index (χ2v) is 3.66. The largest absolute Gasteiger partial charge is 0.480 e. The van der Waals surface area contributed by atoms with Crippen LogP contribution in [0.15, 0.2) is 27.4 Å². The third kappa shape index (κ3) is 1.73. The number of carboxylic acids is 1. The molecule has 1 atom stereocenters. The highest BCUT2D eigenvalue weighted by Crippen LogP contribution is 2.22. The zero-order chi connectivity index (χ0) is 13.4. The maximum Gasteiger partial charge on any atom is 0.420 e. The minimum Gasteiger partial charge on any atom is -0.480 e. The van der Waals surface area contributed by atoms with Crippen LogP contribution in [0.4, 0.5) is 5.69 Å². The predicted octanol–water partition coefficient (Wildman–Crippen LogP) is 1.15. The third-order valence-electron chi connectivity index (χ3n) is 2.55. The van der Waals surface area contributed by atoms with Crippen molar-refractivity contribution >= 4 is 22.8 Å². The fourth-order valence-electron chi connectivity index (χ4n) is 1.61. The van der Waals surface area contributed by atoms with Crippen molar-refractivity contribution < 1.29 is 19.2 Å². The van der Waals surface area contributed by atoms with E-state index in [4.69, 9.17) is 9.52 Å². The van der Waals surface area contributed by atoms with Crippen LogP contribution in [0.1, 0.15) is 13.0 Å². The van der Waals surface area contributed by atoms with Crippen molar-refractivity contribution in [3.05, 3.63) is 38.9 Å². The molecule has 0 aliphatic heterocycles. The molecular formula is C10H8N2O6. The summed E-state index contributed by atoms with van der Waals surface area (Å²) in [5.41, 5.74) is -0.0440. The summed E-state index contributed by atoms with van der Waals surface area (Å²) in [6, 6.07) is 2.39. The van der Waals surface area contributed by atoms with Crippen LogP contribution in [0.3, 0.4) is 0 Å². The molecule has 0 unspecified atom stereocenters. The maximum absolute atomic E-state index is 11.5. The molecule has 2 aromatic rings. The summed E-state index contributed by atoms with van der Waals surface area (Å²) in [7, 11) is 0. The first kappa shape index (κ1) is 11.8. The van der Waals surface area contributed by atoms with E-state index in [1.807, 2.05) is 0 Å². The molecule has 8 nitrogen and oxygen atoms in total. The number of benzene rings is 1. The molecule has 94 valence electrons. The molecule has 2 rings (SSSR count). The average molecular weight is 252 g/mol. The smallest absolute Gasteiger partial charge is 0.420 e. The van der Waals surface area contributed by atoms with E-state index in [-0.39, 0.29) is 16.8 Å². The molecule has 0 saturated carbocycles. The molecule has 1 N–H and O–H groups in total. The Kier molecular flexibility index (Phi) is 2.62. The predicted molar refractivity (Wildman–Crippen MR) is 59.5 cm³/mol. The van der Waals surface area contributed by atoms with Crippen LogP contribution in [0.5, 0.6) is 0 Å².